The van der Waals surface area contributed by atoms with Gasteiger partial charge in [-0.1, -0.05) is 0 Å². The summed E-state index contributed by atoms with van der Waals surface area (Å²) in [6.45, 7) is 2.22. The lowest BCUT2D eigenvalue weighted by Gasteiger charge is -2.14. The van der Waals surface area contributed by atoms with E-state index in [0.717, 1.165) is 4.90 Å². The Hall–Kier alpha value is -3.68. The molecule has 8 nitrogen and oxygen atoms in total. The number of carbonyl (C=O) groups excluding carboxylic acids is 4. The van der Waals surface area contributed by atoms with Crippen molar-refractivity contribution >= 4 is 29.3 Å². The number of hydrogen-bond acceptors (Lipinski definition) is 5. The molecule has 1 N–H and O–H groups in total. The minimum atomic E-state index is -0.506. The van der Waals surface area contributed by atoms with Crippen LogP contribution in [0.5, 0.6) is 5.75 Å². The van der Waals surface area contributed by atoms with Gasteiger partial charge in [0.25, 0.3) is 17.7 Å². The van der Waals surface area contributed by atoms with Gasteiger partial charge in [0.2, 0.25) is 5.91 Å². The molecule has 2 aromatic carbocycles. The molecule has 1 heterocycles. The smallest absolute Gasteiger partial charge is 0.266 e. The summed E-state index contributed by atoms with van der Waals surface area (Å²) < 4.78 is 5.38. The molecule has 0 saturated heterocycles. The molecule has 4 amide bonds. The number of likely N-dealkylation sites (N-methyl/N-ethyl adjacent to an activating group) is 1. The Labute approximate surface area is 168 Å². The fraction of sp³-hybridized carbons (Fsp3) is 0.238. The number of hydrogen-bond donors (Lipinski definition) is 1. The number of ether oxygens (including phenoxy) is 1. The van der Waals surface area contributed by atoms with E-state index in [-0.39, 0.29) is 29.1 Å². The fourth-order valence-electron chi connectivity index (χ4n) is 2.89. The Morgan fingerprint density at radius 1 is 1.00 bits per heavy atom. The highest BCUT2D eigenvalue weighted by molar-refractivity contribution is 6.34. The van der Waals surface area contributed by atoms with Gasteiger partial charge >= 0.3 is 0 Å². The first-order chi connectivity index (χ1) is 13.8. The maximum atomic E-state index is 12.8. The van der Waals surface area contributed by atoms with Gasteiger partial charge in [-0.3, -0.25) is 19.2 Å². The van der Waals surface area contributed by atoms with Gasteiger partial charge in [-0.2, -0.15) is 0 Å². The zero-order valence-electron chi connectivity index (χ0n) is 16.4. The second-order valence-corrected chi connectivity index (χ2v) is 6.60. The first kappa shape index (κ1) is 20.1. The molecule has 0 aliphatic carbocycles. The molecule has 0 saturated carbocycles. The van der Waals surface area contributed by atoms with Crippen LogP contribution in [0, 0.1) is 0 Å². The first-order valence-corrected chi connectivity index (χ1v) is 9.07. The van der Waals surface area contributed by atoms with E-state index in [1.807, 2.05) is 6.92 Å². The normalized spacial score (nSPS) is 12.6. The van der Waals surface area contributed by atoms with Crippen LogP contribution in [0.2, 0.25) is 0 Å². The predicted octanol–water partition coefficient (Wildman–Crippen LogP) is 1.70. The van der Waals surface area contributed by atoms with E-state index >= 15 is 0 Å². The quantitative estimate of drug-likeness (QED) is 0.751. The van der Waals surface area contributed by atoms with Crippen molar-refractivity contribution in [1.29, 1.82) is 0 Å². The number of nitrogens with one attached hydrogen (secondary N) is 1. The zero-order valence-corrected chi connectivity index (χ0v) is 16.4. The van der Waals surface area contributed by atoms with Crippen LogP contribution >= 0.6 is 0 Å². The average molecular weight is 395 g/mol. The second-order valence-electron chi connectivity index (χ2n) is 6.60. The number of rotatable bonds is 6. The largest absolute Gasteiger partial charge is 0.494 e. The third-order valence-corrected chi connectivity index (χ3v) is 4.45. The lowest BCUT2D eigenvalue weighted by molar-refractivity contribution is -0.127. The number of imide groups is 1. The molecule has 150 valence electrons. The van der Waals surface area contributed by atoms with E-state index in [1.165, 1.54) is 23.1 Å². The van der Waals surface area contributed by atoms with Crippen LogP contribution in [-0.4, -0.2) is 55.8 Å². The fourth-order valence-corrected chi connectivity index (χ4v) is 2.89. The van der Waals surface area contributed by atoms with Crippen molar-refractivity contribution in [3.8, 4) is 5.75 Å². The summed E-state index contributed by atoms with van der Waals surface area (Å²) in [4.78, 5) is 51.9. The number of benzene rings is 2. The van der Waals surface area contributed by atoms with Crippen molar-refractivity contribution in [1.82, 2.24) is 10.2 Å². The first-order valence-electron chi connectivity index (χ1n) is 9.07. The van der Waals surface area contributed by atoms with Crippen LogP contribution in [0.1, 0.15) is 38.0 Å². The average Bonchev–Trinajstić information content (AvgIpc) is 2.96. The van der Waals surface area contributed by atoms with Crippen molar-refractivity contribution in [2.45, 2.75) is 6.92 Å². The van der Waals surface area contributed by atoms with E-state index in [4.69, 9.17) is 4.74 Å². The van der Waals surface area contributed by atoms with Crippen LogP contribution in [0.3, 0.4) is 0 Å². The van der Waals surface area contributed by atoms with Crippen molar-refractivity contribution in [2.75, 3.05) is 32.1 Å². The van der Waals surface area contributed by atoms with Gasteiger partial charge in [-0.15, -0.1) is 0 Å². The Morgan fingerprint density at radius 2 is 1.66 bits per heavy atom. The third-order valence-electron chi connectivity index (χ3n) is 4.45. The Balaban J connectivity index is 1.81. The molecule has 3 rings (SSSR count). The van der Waals surface area contributed by atoms with Gasteiger partial charge in [0.15, 0.2) is 0 Å². The molecule has 0 atom stereocenters. The van der Waals surface area contributed by atoms with Crippen LogP contribution < -0.4 is 15.0 Å². The van der Waals surface area contributed by atoms with Crippen LogP contribution in [0.15, 0.2) is 42.5 Å². The summed E-state index contributed by atoms with van der Waals surface area (Å²) in [5.74, 6) is -1.08. The van der Waals surface area contributed by atoms with Crippen molar-refractivity contribution in [2.24, 2.45) is 0 Å². The third kappa shape index (κ3) is 3.96. The van der Waals surface area contributed by atoms with Gasteiger partial charge in [-0.25, -0.2) is 4.90 Å². The maximum Gasteiger partial charge on any atom is 0.266 e. The number of amides is 4. The lowest BCUT2D eigenvalue weighted by atomic mass is 10.1. The number of carbonyl (C=O) groups is 4. The monoisotopic (exact) mass is 395 g/mol. The Morgan fingerprint density at radius 3 is 2.28 bits per heavy atom. The molecule has 0 unspecified atom stereocenters. The SMILES string of the molecule is CCOc1ccc(N2C(=O)c3ccc(C(=O)NCC(=O)N(C)C)cc3C2=O)cc1. The van der Waals surface area contributed by atoms with E-state index in [0.29, 0.717) is 18.0 Å². The van der Waals surface area contributed by atoms with E-state index in [1.54, 1.807) is 38.4 Å². The molecule has 1 aliphatic rings. The summed E-state index contributed by atoms with van der Waals surface area (Å²) in [6, 6.07) is 10.9. The second kappa shape index (κ2) is 8.14. The lowest BCUT2D eigenvalue weighted by Crippen LogP contribution is -2.36. The van der Waals surface area contributed by atoms with Crippen molar-refractivity contribution < 1.29 is 23.9 Å². The molecule has 0 spiro atoms. The van der Waals surface area contributed by atoms with Gasteiger partial charge in [0.05, 0.1) is 30.0 Å². The van der Waals surface area contributed by atoms with E-state index in [9.17, 15) is 19.2 Å². The molecule has 0 fully saturated rings. The minimum Gasteiger partial charge on any atom is -0.494 e. The summed E-state index contributed by atoms with van der Waals surface area (Å²) in [6.07, 6.45) is 0. The summed E-state index contributed by atoms with van der Waals surface area (Å²) in [5.41, 5.74) is 0.993. The molecular weight excluding hydrogens is 374 g/mol. The standard InChI is InChI=1S/C21H21N3O5/c1-4-29-15-8-6-14(7-9-15)24-20(27)16-10-5-13(11-17(16)21(24)28)19(26)22-12-18(25)23(2)3/h5-11H,4,12H2,1-3H3,(H,22,26). The van der Waals surface area contributed by atoms with E-state index < -0.39 is 17.7 Å². The maximum absolute atomic E-state index is 12.8. The number of nitrogens with zero attached hydrogens (tertiary/aromatic N) is 2. The molecule has 1 aliphatic heterocycles. The molecule has 29 heavy (non-hydrogen) atoms. The molecule has 0 bridgehead atoms. The predicted molar refractivity (Wildman–Crippen MR) is 106 cm³/mol. The molecule has 0 aromatic heterocycles. The van der Waals surface area contributed by atoms with Gasteiger partial charge in [-0.05, 0) is 49.4 Å². The van der Waals surface area contributed by atoms with Crippen molar-refractivity contribution in [3.63, 3.8) is 0 Å². The number of anilines is 1. The number of fused-ring (bicyclic) bond motifs is 1. The molecular formula is C21H21N3O5. The van der Waals surface area contributed by atoms with Gasteiger partial charge < -0.3 is 15.0 Å². The van der Waals surface area contributed by atoms with Gasteiger partial charge in [0, 0.05) is 19.7 Å². The topological polar surface area (TPSA) is 96.0 Å². The summed E-state index contributed by atoms with van der Waals surface area (Å²) >= 11 is 0. The molecule has 2 aromatic rings. The summed E-state index contributed by atoms with van der Waals surface area (Å²) in [7, 11) is 3.17. The highest BCUT2D eigenvalue weighted by atomic mass is 16.5. The zero-order chi connectivity index (χ0) is 21.1. The molecule has 0 radical (unpaired) electrons. The summed E-state index contributed by atoms with van der Waals surface area (Å²) in [5, 5.41) is 2.50. The Bertz CT molecular complexity index is 982. The van der Waals surface area contributed by atoms with E-state index in [2.05, 4.69) is 5.32 Å². The minimum absolute atomic E-state index is 0.149. The highest BCUT2D eigenvalue weighted by Gasteiger charge is 2.37. The van der Waals surface area contributed by atoms with Gasteiger partial charge in [0.1, 0.15) is 5.75 Å². The Kier molecular flexibility index (Phi) is 5.63. The van der Waals surface area contributed by atoms with Crippen LogP contribution in [0.4, 0.5) is 5.69 Å². The molecule has 8 heteroatoms. The van der Waals surface area contributed by atoms with Crippen molar-refractivity contribution in [3.05, 3.63) is 59.2 Å². The van der Waals surface area contributed by atoms with Crippen LogP contribution in [0.25, 0.3) is 0 Å². The highest BCUT2D eigenvalue weighted by Crippen LogP contribution is 2.30. The van der Waals surface area contributed by atoms with Crippen LogP contribution in [-0.2, 0) is 4.79 Å².